The maximum Gasteiger partial charge on any atom is 0.0841 e. The molecule has 0 radical (unpaired) electrons. The predicted octanol–water partition coefficient (Wildman–Crippen LogP) is 2.21. The molecule has 0 saturated heterocycles. The van der Waals surface area contributed by atoms with Crippen molar-refractivity contribution in [3.8, 4) is 0 Å². The largest absolute Gasteiger partial charge is 0.394 e. The monoisotopic (exact) mass is 261 g/mol. The first-order chi connectivity index (χ1) is 9.15. The molecule has 4 nitrogen and oxygen atoms in total. The fraction of sp³-hybridized carbons (Fsp3) is 0.533. The molecule has 1 aromatic heterocycles. The molecule has 1 aromatic carbocycles. The minimum absolute atomic E-state index is 0.158. The van der Waals surface area contributed by atoms with Crippen LogP contribution in [0.15, 0.2) is 24.3 Å². The molecule has 0 bridgehead atoms. The zero-order valence-electron chi connectivity index (χ0n) is 12.0. The molecule has 0 spiro atoms. The van der Waals surface area contributed by atoms with Crippen LogP contribution < -0.4 is 5.32 Å². The quantitative estimate of drug-likeness (QED) is 0.838. The van der Waals surface area contributed by atoms with Gasteiger partial charge in [0.15, 0.2) is 0 Å². The van der Waals surface area contributed by atoms with Crippen molar-refractivity contribution in [1.82, 2.24) is 15.1 Å². The minimum Gasteiger partial charge on any atom is -0.394 e. The summed E-state index contributed by atoms with van der Waals surface area (Å²) in [5.74, 6) is 0. The normalized spacial score (nSPS) is 12.2. The lowest BCUT2D eigenvalue weighted by atomic mass is 9.94. The van der Waals surface area contributed by atoms with E-state index in [4.69, 9.17) is 0 Å². The first-order valence-corrected chi connectivity index (χ1v) is 6.92. The predicted molar refractivity (Wildman–Crippen MR) is 78.0 cm³/mol. The molecule has 0 aliphatic heterocycles. The van der Waals surface area contributed by atoms with Crippen molar-refractivity contribution in [3.05, 3.63) is 30.0 Å². The van der Waals surface area contributed by atoms with Gasteiger partial charge in [0.1, 0.15) is 0 Å². The van der Waals surface area contributed by atoms with Gasteiger partial charge in [0.2, 0.25) is 0 Å². The molecule has 2 aromatic rings. The van der Waals surface area contributed by atoms with Crippen molar-refractivity contribution in [3.63, 3.8) is 0 Å². The van der Waals surface area contributed by atoms with Crippen LogP contribution in [0.3, 0.4) is 0 Å². The SMILES string of the molecule is CCC(CC)(CO)NCc1nn(C)c2ccccc12. The molecule has 2 rings (SSSR count). The van der Waals surface area contributed by atoms with E-state index in [-0.39, 0.29) is 12.1 Å². The molecule has 2 N–H and O–H groups in total. The fourth-order valence-electron chi connectivity index (χ4n) is 2.47. The third-order valence-electron chi connectivity index (χ3n) is 4.12. The van der Waals surface area contributed by atoms with Gasteiger partial charge in [-0.2, -0.15) is 5.10 Å². The summed E-state index contributed by atoms with van der Waals surface area (Å²) in [7, 11) is 1.96. The average molecular weight is 261 g/mol. The molecule has 4 heteroatoms. The number of rotatable bonds is 6. The number of hydrogen-bond acceptors (Lipinski definition) is 3. The summed E-state index contributed by atoms with van der Waals surface area (Å²) in [5.41, 5.74) is 1.98. The van der Waals surface area contributed by atoms with Gasteiger partial charge >= 0.3 is 0 Å². The van der Waals surface area contributed by atoms with Gasteiger partial charge in [-0.1, -0.05) is 32.0 Å². The number of aryl methyl sites for hydroxylation is 1. The summed E-state index contributed by atoms with van der Waals surface area (Å²) >= 11 is 0. The Morgan fingerprint density at radius 2 is 1.95 bits per heavy atom. The highest BCUT2D eigenvalue weighted by Gasteiger charge is 2.24. The van der Waals surface area contributed by atoms with E-state index < -0.39 is 0 Å². The summed E-state index contributed by atoms with van der Waals surface area (Å²) in [6.07, 6.45) is 1.82. The number of aromatic nitrogens is 2. The standard InChI is InChI=1S/C15H23N3O/c1-4-15(5-2,11-19)16-10-13-12-8-6-7-9-14(12)18(3)17-13/h6-9,16,19H,4-5,10-11H2,1-3H3. The van der Waals surface area contributed by atoms with E-state index in [9.17, 15) is 5.11 Å². The highest BCUT2D eigenvalue weighted by atomic mass is 16.3. The van der Waals surface area contributed by atoms with E-state index in [1.165, 1.54) is 5.39 Å². The third kappa shape index (κ3) is 2.65. The van der Waals surface area contributed by atoms with Crippen molar-refractivity contribution >= 4 is 10.9 Å². The number of hydrogen-bond donors (Lipinski definition) is 2. The topological polar surface area (TPSA) is 50.1 Å². The maximum atomic E-state index is 9.58. The smallest absolute Gasteiger partial charge is 0.0841 e. The number of benzene rings is 1. The molecule has 0 amide bonds. The lowest BCUT2D eigenvalue weighted by Gasteiger charge is -2.30. The van der Waals surface area contributed by atoms with Crippen LogP contribution in [0.2, 0.25) is 0 Å². The van der Waals surface area contributed by atoms with E-state index in [0.717, 1.165) is 24.1 Å². The van der Waals surface area contributed by atoms with Gasteiger partial charge in [0, 0.05) is 24.5 Å². The van der Waals surface area contributed by atoms with E-state index in [0.29, 0.717) is 6.54 Å². The van der Waals surface area contributed by atoms with Crippen molar-refractivity contribution < 1.29 is 5.11 Å². The van der Waals surface area contributed by atoms with Gasteiger partial charge in [-0.3, -0.25) is 4.68 Å². The van der Waals surface area contributed by atoms with Crippen LogP contribution in [-0.2, 0) is 13.6 Å². The number of aliphatic hydroxyl groups excluding tert-OH is 1. The molecule has 0 atom stereocenters. The van der Waals surface area contributed by atoms with E-state index in [1.54, 1.807) is 0 Å². The zero-order valence-corrected chi connectivity index (χ0v) is 12.0. The van der Waals surface area contributed by atoms with E-state index in [2.05, 4.69) is 36.4 Å². The van der Waals surface area contributed by atoms with Gasteiger partial charge in [-0.05, 0) is 18.9 Å². The third-order valence-corrected chi connectivity index (χ3v) is 4.12. The fourth-order valence-corrected chi connectivity index (χ4v) is 2.47. The summed E-state index contributed by atoms with van der Waals surface area (Å²) in [5, 5.41) is 18.8. The van der Waals surface area contributed by atoms with Gasteiger partial charge < -0.3 is 10.4 Å². The molecule has 104 valence electrons. The lowest BCUT2D eigenvalue weighted by molar-refractivity contribution is 0.149. The van der Waals surface area contributed by atoms with Gasteiger partial charge in [0.25, 0.3) is 0 Å². The molecule has 0 aliphatic rings. The highest BCUT2D eigenvalue weighted by molar-refractivity contribution is 5.81. The second-order valence-corrected chi connectivity index (χ2v) is 5.09. The second kappa shape index (κ2) is 5.72. The Hall–Kier alpha value is -1.39. The Kier molecular flexibility index (Phi) is 4.22. The maximum absolute atomic E-state index is 9.58. The molecule has 1 heterocycles. The second-order valence-electron chi connectivity index (χ2n) is 5.09. The Bertz CT molecular complexity index is 535. The number of aliphatic hydroxyl groups is 1. The Morgan fingerprint density at radius 3 is 2.58 bits per heavy atom. The minimum atomic E-state index is -0.196. The van der Waals surface area contributed by atoms with Crippen LogP contribution in [0.4, 0.5) is 0 Å². The van der Waals surface area contributed by atoms with Gasteiger partial charge in [0.05, 0.1) is 17.8 Å². The molecule has 19 heavy (non-hydrogen) atoms. The van der Waals surface area contributed by atoms with Crippen LogP contribution >= 0.6 is 0 Å². The number of fused-ring (bicyclic) bond motifs is 1. The van der Waals surface area contributed by atoms with E-state index >= 15 is 0 Å². The first-order valence-electron chi connectivity index (χ1n) is 6.92. The molecule has 0 unspecified atom stereocenters. The number of nitrogens with zero attached hydrogens (tertiary/aromatic N) is 2. The summed E-state index contributed by atoms with van der Waals surface area (Å²) < 4.78 is 1.91. The first kappa shape index (κ1) is 14.0. The summed E-state index contributed by atoms with van der Waals surface area (Å²) in [4.78, 5) is 0. The van der Waals surface area contributed by atoms with Crippen LogP contribution in [0.5, 0.6) is 0 Å². The molecule has 0 aliphatic carbocycles. The summed E-state index contributed by atoms with van der Waals surface area (Å²) in [6, 6.07) is 8.23. The van der Waals surface area contributed by atoms with Crippen molar-refractivity contribution in [2.75, 3.05) is 6.61 Å². The Balaban J connectivity index is 2.22. The van der Waals surface area contributed by atoms with Gasteiger partial charge in [-0.15, -0.1) is 0 Å². The van der Waals surface area contributed by atoms with Crippen LogP contribution in [0, 0.1) is 0 Å². The average Bonchev–Trinajstić information content (AvgIpc) is 2.78. The van der Waals surface area contributed by atoms with Crippen LogP contribution in [0.25, 0.3) is 10.9 Å². The molecule has 0 saturated carbocycles. The van der Waals surface area contributed by atoms with Crippen LogP contribution in [0.1, 0.15) is 32.4 Å². The number of nitrogens with one attached hydrogen (secondary N) is 1. The molecular weight excluding hydrogens is 238 g/mol. The molecule has 0 fully saturated rings. The van der Waals surface area contributed by atoms with Gasteiger partial charge in [-0.25, -0.2) is 0 Å². The van der Waals surface area contributed by atoms with Crippen molar-refractivity contribution in [2.45, 2.75) is 38.8 Å². The lowest BCUT2D eigenvalue weighted by Crippen LogP contribution is -2.47. The molecular formula is C15H23N3O. The van der Waals surface area contributed by atoms with Crippen LogP contribution in [-0.4, -0.2) is 27.0 Å². The van der Waals surface area contributed by atoms with Crippen molar-refractivity contribution in [2.24, 2.45) is 7.05 Å². The summed E-state index contributed by atoms with van der Waals surface area (Å²) in [6.45, 7) is 5.04. The number of para-hydroxylation sites is 1. The zero-order chi connectivity index (χ0) is 13.9. The Labute approximate surface area is 114 Å². The Morgan fingerprint density at radius 1 is 1.26 bits per heavy atom. The van der Waals surface area contributed by atoms with E-state index in [1.807, 2.05) is 23.9 Å². The van der Waals surface area contributed by atoms with Crippen molar-refractivity contribution in [1.29, 1.82) is 0 Å². The highest BCUT2D eigenvalue weighted by Crippen LogP contribution is 2.20.